The Kier molecular flexibility index (Phi) is 3.55. The molecule has 0 radical (unpaired) electrons. The van der Waals surface area contributed by atoms with E-state index in [4.69, 9.17) is 4.78 Å². The summed E-state index contributed by atoms with van der Waals surface area (Å²) in [6.07, 6.45) is 0. The van der Waals surface area contributed by atoms with E-state index in [9.17, 15) is 4.21 Å². The zero-order valence-electron chi connectivity index (χ0n) is 8.05. The standard InChI is InChI=1S/C8H19NOS/c1-6(2)8(5)11(9,10)7(3)4/h6-9H,1-5H3. The molecule has 0 rings (SSSR count). The Bertz CT molecular complexity index is 204. The molecule has 0 aliphatic rings. The smallest absolute Gasteiger partial charge is 0.0494 e. The van der Waals surface area contributed by atoms with Gasteiger partial charge in [-0.2, -0.15) is 0 Å². The van der Waals surface area contributed by atoms with Gasteiger partial charge in [0, 0.05) is 20.2 Å². The third-order valence-electron chi connectivity index (χ3n) is 2.19. The Morgan fingerprint density at radius 3 is 1.55 bits per heavy atom. The molecular weight excluding hydrogens is 158 g/mol. The van der Waals surface area contributed by atoms with Gasteiger partial charge < -0.3 is 0 Å². The van der Waals surface area contributed by atoms with Crippen LogP contribution in [0, 0.1) is 10.7 Å². The molecule has 0 amide bonds. The zero-order valence-corrected chi connectivity index (χ0v) is 8.87. The highest BCUT2D eigenvalue weighted by Gasteiger charge is 2.22. The maximum absolute atomic E-state index is 11.7. The Morgan fingerprint density at radius 1 is 1.09 bits per heavy atom. The van der Waals surface area contributed by atoms with Crippen molar-refractivity contribution in [3.05, 3.63) is 0 Å². The molecule has 0 bridgehead atoms. The molecule has 0 aromatic rings. The van der Waals surface area contributed by atoms with Crippen LogP contribution < -0.4 is 0 Å². The van der Waals surface area contributed by atoms with Crippen molar-refractivity contribution < 1.29 is 4.21 Å². The van der Waals surface area contributed by atoms with E-state index >= 15 is 0 Å². The van der Waals surface area contributed by atoms with Crippen LogP contribution in [0.4, 0.5) is 0 Å². The summed E-state index contributed by atoms with van der Waals surface area (Å²) in [4.78, 5) is 0. The maximum Gasteiger partial charge on any atom is 0.0494 e. The average Bonchev–Trinajstić information content (AvgIpc) is 1.85. The summed E-state index contributed by atoms with van der Waals surface area (Å²) in [5.41, 5.74) is 0. The first-order chi connectivity index (χ1) is 4.80. The Morgan fingerprint density at radius 2 is 1.45 bits per heavy atom. The third-order valence-corrected chi connectivity index (χ3v) is 5.24. The molecule has 68 valence electrons. The van der Waals surface area contributed by atoms with Gasteiger partial charge in [-0.25, -0.2) is 4.21 Å². The lowest BCUT2D eigenvalue weighted by Gasteiger charge is -2.21. The van der Waals surface area contributed by atoms with Crippen molar-refractivity contribution in [3.63, 3.8) is 0 Å². The van der Waals surface area contributed by atoms with Crippen molar-refractivity contribution in [1.29, 1.82) is 4.78 Å². The molecule has 2 unspecified atom stereocenters. The summed E-state index contributed by atoms with van der Waals surface area (Å²) < 4.78 is 19.3. The summed E-state index contributed by atoms with van der Waals surface area (Å²) in [6, 6.07) is 0. The molecule has 3 heteroatoms. The van der Waals surface area contributed by atoms with Crippen LogP contribution in [0.3, 0.4) is 0 Å². The maximum atomic E-state index is 11.7. The predicted molar refractivity (Wildman–Crippen MR) is 50.3 cm³/mol. The Balaban J connectivity index is 4.58. The van der Waals surface area contributed by atoms with Crippen LogP contribution in [0.2, 0.25) is 0 Å². The minimum Gasteiger partial charge on any atom is -0.252 e. The average molecular weight is 177 g/mol. The predicted octanol–water partition coefficient (Wildman–Crippen LogP) is 2.49. The molecule has 0 aromatic heterocycles. The fourth-order valence-electron chi connectivity index (χ4n) is 0.834. The van der Waals surface area contributed by atoms with Crippen LogP contribution in [0.15, 0.2) is 0 Å². The lowest BCUT2D eigenvalue weighted by atomic mass is 10.2. The van der Waals surface area contributed by atoms with Crippen LogP contribution >= 0.6 is 0 Å². The monoisotopic (exact) mass is 177 g/mol. The van der Waals surface area contributed by atoms with Crippen LogP contribution in [0.5, 0.6) is 0 Å². The van der Waals surface area contributed by atoms with Gasteiger partial charge >= 0.3 is 0 Å². The molecule has 0 spiro atoms. The van der Waals surface area contributed by atoms with Crippen molar-refractivity contribution in [2.75, 3.05) is 0 Å². The van der Waals surface area contributed by atoms with Crippen LogP contribution in [0.25, 0.3) is 0 Å². The van der Waals surface area contributed by atoms with Gasteiger partial charge in [-0.3, -0.25) is 4.78 Å². The molecule has 2 atom stereocenters. The van der Waals surface area contributed by atoms with Gasteiger partial charge in [0.2, 0.25) is 0 Å². The van der Waals surface area contributed by atoms with Crippen molar-refractivity contribution in [2.24, 2.45) is 5.92 Å². The molecule has 0 saturated carbocycles. The molecule has 0 aromatic carbocycles. The van der Waals surface area contributed by atoms with Crippen molar-refractivity contribution in [3.8, 4) is 0 Å². The van der Waals surface area contributed by atoms with E-state index in [1.807, 2.05) is 34.6 Å². The molecular formula is C8H19NOS. The molecule has 0 fully saturated rings. The van der Waals surface area contributed by atoms with E-state index < -0.39 is 9.73 Å². The normalized spacial score (nSPS) is 20.3. The highest BCUT2D eigenvalue weighted by atomic mass is 32.2. The van der Waals surface area contributed by atoms with E-state index in [1.54, 1.807) is 0 Å². The van der Waals surface area contributed by atoms with Crippen molar-refractivity contribution >= 4 is 9.73 Å². The largest absolute Gasteiger partial charge is 0.252 e. The second-order valence-electron chi connectivity index (χ2n) is 3.65. The lowest BCUT2D eigenvalue weighted by molar-refractivity contribution is 0.592. The first-order valence-corrected chi connectivity index (χ1v) is 5.75. The van der Waals surface area contributed by atoms with E-state index in [0.717, 1.165) is 0 Å². The highest BCUT2D eigenvalue weighted by molar-refractivity contribution is 7.93. The lowest BCUT2D eigenvalue weighted by Crippen LogP contribution is -2.28. The van der Waals surface area contributed by atoms with Gasteiger partial charge in [-0.1, -0.05) is 27.7 Å². The first kappa shape index (κ1) is 11.0. The fourth-order valence-corrected chi connectivity index (χ4v) is 2.50. The molecule has 0 heterocycles. The minimum absolute atomic E-state index is 0.00231. The Hall–Kier alpha value is -0.0500. The number of rotatable bonds is 3. The van der Waals surface area contributed by atoms with Gasteiger partial charge in [0.1, 0.15) is 0 Å². The Labute approximate surface area is 70.4 Å². The summed E-state index contributed by atoms with van der Waals surface area (Å²) in [6.45, 7) is 9.64. The molecule has 1 N–H and O–H groups in total. The van der Waals surface area contributed by atoms with Gasteiger partial charge in [-0.15, -0.1) is 0 Å². The second kappa shape index (κ2) is 3.57. The number of hydrogen-bond acceptors (Lipinski definition) is 2. The fraction of sp³-hybridized carbons (Fsp3) is 1.00. The molecule has 0 aliphatic carbocycles. The van der Waals surface area contributed by atoms with Gasteiger partial charge in [0.15, 0.2) is 0 Å². The molecule has 0 aliphatic heterocycles. The number of nitrogens with one attached hydrogen (secondary N) is 1. The molecule has 2 nitrogen and oxygen atoms in total. The van der Waals surface area contributed by atoms with Crippen LogP contribution in [-0.2, 0) is 9.73 Å². The SMILES string of the molecule is CC(C)C(C)S(=N)(=O)C(C)C. The highest BCUT2D eigenvalue weighted by Crippen LogP contribution is 2.16. The summed E-state index contributed by atoms with van der Waals surface area (Å²) in [7, 11) is -2.38. The van der Waals surface area contributed by atoms with Gasteiger partial charge in [0.05, 0.1) is 0 Å². The van der Waals surface area contributed by atoms with Crippen molar-refractivity contribution in [2.45, 2.75) is 45.1 Å². The van der Waals surface area contributed by atoms with Crippen molar-refractivity contribution in [1.82, 2.24) is 0 Å². The summed E-state index contributed by atoms with van der Waals surface area (Å²) in [5, 5.41) is -0.0256. The topological polar surface area (TPSA) is 40.9 Å². The summed E-state index contributed by atoms with van der Waals surface area (Å²) in [5.74, 6) is 0.336. The minimum atomic E-state index is -2.38. The van der Waals surface area contributed by atoms with Gasteiger partial charge in [-0.05, 0) is 12.8 Å². The van der Waals surface area contributed by atoms with E-state index in [2.05, 4.69) is 0 Å². The van der Waals surface area contributed by atoms with E-state index in [0.29, 0.717) is 5.92 Å². The summed E-state index contributed by atoms with van der Waals surface area (Å²) >= 11 is 0. The van der Waals surface area contributed by atoms with Gasteiger partial charge in [0.25, 0.3) is 0 Å². The van der Waals surface area contributed by atoms with Crippen LogP contribution in [-0.4, -0.2) is 14.7 Å². The first-order valence-electron chi connectivity index (χ1n) is 4.06. The van der Waals surface area contributed by atoms with Crippen LogP contribution in [0.1, 0.15) is 34.6 Å². The van der Waals surface area contributed by atoms with E-state index in [-0.39, 0.29) is 10.5 Å². The quantitative estimate of drug-likeness (QED) is 0.707. The second-order valence-corrected chi connectivity index (χ2v) is 6.63. The number of hydrogen-bond donors (Lipinski definition) is 1. The zero-order chi connectivity index (χ0) is 9.23. The molecule has 0 saturated heterocycles. The van der Waals surface area contributed by atoms with E-state index in [1.165, 1.54) is 0 Å². The third kappa shape index (κ3) is 2.47. The molecule has 11 heavy (non-hydrogen) atoms.